The van der Waals surface area contributed by atoms with Crippen molar-refractivity contribution >= 4 is 23.2 Å². The molecule has 0 saturated carbocycles. The monoisotopic (exact) mass is 265 g/mol. The van der Waals surface area contributed by atoms with E-state index in [4.69, 9.17) is 0 Å². The van der Waals surface area contributed by atoms with Crippen molar-refractivity contribution in [1.82, 2.24) is 0 Å². The van der Waals surface area contributed by atoms with Gasteiger partial charge in [0.1, 0.15) is 0 Å². The summed E-state index contributed by atoms with van der Waals surface area (Å²) in [7, 11) is 0. The zero-order valence-corrected chi connectivity index (χ0v) is 11.0. The molecule has 1 atom stereocenters. The Morgan fingerprint density at radius 3 is 2.83 bits per heavy atom. The quantitative estimate of drug-likeness (QED) is 0.477. The molecule has 1 heterocycles. The summed E-state index contributed by atoms with van der Waals surface area (Å²) in [5, 5.41) is 10.9. The summed E-state index contributed by atoms with van der Waals surface area (Å²) in [5.74, 6) is 0.880. The first kappa shape index (κ1) is 13.1. The van der Waals surface area contributed by atoms with E-state index >= 15 is 0 Å². The molecule has 1 aromatic carbocycles. The molecule has 1 aromatic rings. The molecule has 96 valence electrons. The normalized spacial score (nSPS) is 19.5. The van der Waals surface area contributed by atoms with Gasteiger partial charge in [-0.25, -0.2) is 0 Å². The maximum Gasteiger partial charge on any atom is 0.280 e. The van der Waals surface area contributed by atoms with Crippen LogP contribution in [0.4, 0.5) is 5.69 Å². The Bertz CT molecular complexity index is 481. The predicted molar refractivity (Wildman–Crippen MR) is 72.3 cm³/mol. The van der Waals surface area contributed by atoms with Crippen LogP contribution in [-0.4, -0.2) is 21.7 Å². The van der Waals surface area contributed by atoms with E-state index in [1.807, 2.05) is 6.92 Å². The van der Waals surface area contributed by atoms with Gasteiger partial charge in [0.2, 0.25) is 0 Å². The van der Waals surface area contributed by atoms with Crippen molar-refractivity contribution in [3.05, 3.63) is 39.4 Å². The summed E-state index contributed by atoms with van der Waals surface area (Å²) in [5.41, 5.74) is 1.07. The fraction of sp³-hybridized carbons (Fsp3) is 0.462. The lowest BCUT2D eigenvalue weighted by atomic mass is 10.0. The molecule has 0 spiro atoms. The first-order valence-electron chi connectivity index (χ1n) is 6.00. The second-order valence-corrected chi connectivity index (χ2v) is 5.81. The molecule has 0 N–H and O–H groups in total. The zero-order valence-electron chi connectivity index (χ0n) is 10.2. The molecular weight excluding hydrogens is 250 g/mol. The highest BCUT2D eigenvalue weighted by Crippen LogP contribution is 2.31. The van der Waals surface area contributed by atoms with Gasteiger partial charge in [0.25, 0.3) is 5.69 Å². The lowest BCUT2D eigenvalue weighted by Crippen LogP contribution is -2.22. The average Bonchev–Trinajstić information content (AvgIpc) is 2.38. The number of carbonyl (C=O) groups is 1. The van der Waals surface area contributed by atoms with Gasteiger partial charge in [-0.1, -0.05) is 12.5 Å². The van der Waals surface area contributed by atoms with Crippen LogP contribution in [0.25, 0.3) is 0 Å². The van der Waals surface area contributed by atoms with Crippen LogP contribution in [-0.2, 0) is 0 Å². The molecule has 1 unspecified atom stereocenters. The van der Waals surface area contributed by atoms with E-state index in [0.717, 1.165) is 30.6 Å². The Balaban J connectivity index is 2.33. The van der Waals surface area contributed by atoms with Gasteiger partial charge >= 0.3 is 0 Å². The van der Waals surface area contributed by atoms with Crippen LogP contribution >= 0.6 is 11.8 Å². The Morgan fingerprint density at radius 1 is 1.44 bits per heavy atom. The summed E-state index contributed by atoms with van der Waals surface area (Å²) < 4.78 is 0. The Hall–Kier alpha value is -1.36. The Morgan fingerprint density at radius 2 is 2.22 bits per heavy atom. The minimum absolute atomic E-state index is 0.0724. The maximum absolute atomic E-state index is 12.4. The number of carbonyl (C=O) groups excluding carboxylic acids is 1. The molecule has 1 aliphatic rings. The van der Waals surface area contributed by atoms with Gasteiger partial charge in [-0.15, -0.1) is 0 Å². The third kappa shape index (κ3) is 2.72. The van der Waals surface area contributed by atoms with Crippen molar-refractivity contribution in [2.75, 3.05) is 5.75 Å². The number of rotatable bonds is 3. The fourth-order valence-corrected chi connectivity index (χ4v) is 3.39. The van der Waals surface area contributed by atoms with Crippen molar-refractivity contribution in [2.45, 2.75) is 31.4 Å². The Labute approximate surface area is 110 Å². The predicted octanol–water partition coefficient (Wildman–Crippen LogP) is 3.37. The standard InChI is InChI=1S/C13H15NO3S/c1-9-5-6-11(14(16)17)10(8-9)13(15)12-4-2-3-7-18-12/h5-6,8,12H,2-4,7H2,1H3. The van der Waals surface area contributed by atoms with Crippen molar-refractivity contribution in [2.24, 2.45) is 0 Å². The van der Waals surface area contributed by atoms with Crippen LogP contribution in [0.3, 0.4) is 0 Å². The van der Waals surface area contributed by atoms with E-state index in [1.165, 1.54) is 6.07 Å². The van der Waals surface area contributed by atoms with Crippen molar-refractivity contribution in [3.8, 4) is 0 Å². The number of aryl methyl sites for hydroxylation is 1. The smallest absolute Gasteiger partial charge is 0.280 e. The fourth-order valence-electron chi connectivity index (χ4n) is 2.13. The average molecular weight is 265 g/mol. The van der Waals surface area contributed by atoms with Gasteiger partial charge in [0, 0.05) is 6.07 Å². The molecule has 1 saturated heterocycles. The topological polar surface area (TPSA) is 60.2 Å². The van der Waals surface area contributed by atoms with Gasteiger partial charge in [-0.3, -0.25) is 14.9 Å². The number of thioether (sulfide) groups is 1. The van der Waals surface area contributed by atoms with Crippen LogP contribution in [0.2, 0.25) is 0 Å². The summed E-state index contributed by atoms with van der Waals surface area (Å²) in [6.45, 7) is 1.84. The second kappa shape index (κ2) is 5.52. The number of hydrogen-bond acceptors (Lipinski definition) is 4. The highest BCUT2D eigenvalue weighted by Gasteiger charge is 2.28. The number of hydrogen-bond donors (Lipinski definition) is 0. The molecule has 1 aliphatic heterocycles. The Kier molecular flexibility index (Phi) is 4.01. The highest BCUT2D eigenvalue weighted by atomic mass is 32.2. The number of ketones is 1. The summed E-state index contributed by atoms with van der Waals surface area (Å²) in [6, 6.07) is 4.73. The number of Topliss-reactive ketones (excluding diaryl/α,β-unsaturated/α-hetero) is 1. The lowest BCUT2D eigenvalue weighted by Gasteiger charge is -2.19. The van der Waals surface area contributed by atoms with E-state index in [-0.39, 0.29) is 22.3 Å². The van der Waals surface area contributed by atoms with Crippen LogP contribution < -0.4 is 0 Å². The second-order valence-electron chi connectivity index (χ2n) is 4.50. The minimum Gasteiger partial charge on any atom is -0.293 e. The largest absolute Gasteiger partial charge is 0.293 e. The van der Waals surface area contributed by atoms with Crippen LogP contribution in [0.15, 0.2) is 18.2 Å². The van der Waals surface area contributed by atoms with Gasteiger partial charge < -0.3 is 0 Å². The zero-order chi connectivity index (χ0) is 13.1. The van der Waals surface area contributed by atoms with Crippen molar-refractivity contribution in [3.63, 3.8) is 0 Å². The van der Waals surface area contributed by atoms with Gasteiger partial charge in [0.15, 0.2) is 5.78 Å². The molecule has 0 aromatic heterocycles. The molecular formula is C13H15NO3S. The van der Waals surface area contributed by atoms with E-state index in [2.05, 4.69) is 0 Å². The molecule has 0 bridgehead atoms. The maximum atomic E-state index is 12.4. The molecule has 0 amide bonds. The minimum atomic E-state index is -0.472. The summed E-state index contributed by atoms with van der Waals surface area (Å²) in [4.78, 5) is 22.8. The number of nitrogens with zero attached hydrogens (tertiary/aromatic N) is 1. The van der Waals surface area contributed by atoms with Crippen molar-refractivity contribution < 1.29 is 9.72 Å². The first-order chi connectivity index (χ1) is 8.59. The number of nitro benzene ring substituents is 1. The van der Waals surface area contributed by atoms with E-state index < -0.39 is 4.92 Å². The highest BCUT2D eigenvalue weighted by molar-refractivity contribution is 8.00. The SMILES string of the molecule is Cc1ccc([N+](=O)[O-])c(C(=O)C2CCCCS2)c1. The summed E-state index contributed by atoms with van der Waals surface area (Å²) >= 11 is 1.62. The van der Waals surface area contributed by atoms with E-state index in [0.29, 0.717) is 0 Å². The molecule has 4 nitrogen and oxygen atoms in total. The third-order valence-corrected chi connectivity index (χ3v) is 4.46. The molecule has 0 radical (unpaired) electrons. The first-order valence-corrected chi connectivity index (χ1v) is 7.05. The molecule has 1 fully saturated rings. The summed E-state index contributed by atoms with van der Waals surface area (Å²) in [6.07, 6.45) is 2.99. The van der Waals surface area contributed by atoms with Crippen LogP contribution in [0.5, 0.6) is 0 Å². The van der Waals surface area contributed by atoms with Gasteiger partial charge in [-0.05, 0) is 37.1 Å². The number of nitro groups is 1. The molecule has 2 rings (SSSR count). The number of benzene rings is 1. The third-order valence-electron chi connectivity index (χ3n) is 3.09. The van der Waals surface area contributed by atoms with Crippen LogP contribution in [0, 0.1) is 17.0 Å². The molecule has 5 heteroatoms. The van der Waals surface area contributed by atoms with E-state index in [9.17, 15) is 14.9 Å². The van der Waals surface area contributed by atoms with Gasteiger partial charge in [-0.2, -0.15) is 11.8 Å². The van der Waals surface area contributed by atoms with Crippen LogP contribution in [0.1, 0.15) is 35.2 Å². The molecule has 0 aliphatic carbocycles. The van der Waals surface area contributed by atoms with E-state index in [1.54, 1.807) is 23.9 Å². The van der Waals surface area contributed by atoms with Crippen molar-refractivity contribution in [1.29, 1.82) is 0 Å². The van der Waals surface area contributed by atoms with Gasteiger partial charge in [0.05, 0.1) is 15.7 Å². The lowest BCUT2D eigenvalue weighted by molar-refractivity contribution is -0.385. The molecule has 18 heavy (non-hydrogen) atoms.